The van der Waals surface area contributed by atoms with Gasteiger partial charge in [-0.1, -0.05) is 28.8 Å². The predicted octanol–water partition coefficient (Wildman–Crippen LogP) is 2.28. The van der Waals surface area contributed by atoms with Crippen molar-refractivity contribution in [2.24, 2.45) is 5.41 Å². The Morgan fingerprint density at radius 1 is 1.30 bits per heavy atom. The van der Waals surface area contributed by atoms with Crippen LogP contribution in [0.3, 0.4) is 0 Å². The minimum Gasteiger partial charge on any atom is -0.302 e. The third-order valence-electron chi connectivity index (χ3n) is 3.10. The fourth-order valence-electron chi connectivity index (χ4n) is 2.26. The molecular weight excluding hydrogens is 192 g/mol. The number of rotatable bonds is 1. The fraction of sp³-hybridized carbons (Fsp3) is 0.875. The van der Waals surface area contributed by atoms with E-state index in [4.69, 9.17) is 0 Å². The Hall–Kier alpha value is 0.150. The van der Waals surface area contributed by atoms with Crippen LogP contribution < -0.4 is 0 Å². The van der Waals surface area contributed by atoms with Gasteiger partial charge in [-0.2, -0.15) is 0 Å². The molecule has 2 aliphatic carbocycles. The van der Waals surface area contributed by atoms with Crippen LogP contribution in [0.4, 0.5) is 0 Å². The lowest BCUT2D eigenvalue weighted by atomic mass is 10.0. The maximum Gasteiger partial charge on any atom is 0.137 e. The Labute approximate surface area is 69.3 Å². The number of alkyl halides is 1. The highest BCUT2D eigenvalue weighted by molar-refractivity contribution is 9.10. The van der Waals surface area contributed by atoms with Gasteiger partial charge in [0.25, 0.3) is 0 Å². The summed E-state index contributed by atoms with van der Waals surface area (Å²) in [6, 6.07) is 0. The average Bonchev–Trinajstić information content (AvgIpc) is 2.28. The lowest BCUT2D eigenvalue weighted by molar-refractivity contribution is -0.108. The summed E-state index contributed by atoms with van der Waals surface area (Å²) in [5.74, 6) is 0. The first-order valence-corrected chi connectivity index (χ1v) is 4.67. The van der Waals surface area contributed by atoms with Gasteiger partial charge in [-0.15, -0.1) is 0 Å². The van der Waals surface area contributed by atoms with E-state index in [0.29, 0.717) is 5.41 Å². The fourth-order valence-corrected chi connectivity index (χ4v) is 3.19. The summed E-state index contributed by atoms with van der Waals surface area (Å²) in [7, 11) is 0. The zero-order chi connectivity index (χ0) is 7.24. The highest BCUT2D eigenvalue weighted by Crippen LogP contribution is 2.68. The number of aldehydes is 1. The van der Waals surface area contributed by atoms with Crippen LogP contribution in [0.1, 0.15) is 32.1 Å². The number of hydrogen-bond acceptors (Lipinski definition) is 1. The van der Waals surface area contributed by atoms with Crippen molar-refractivity contribution in [2.75, 3.05) is 0 Å². The van der Waals surface area contributed by atoms with Gasteiger partial charge in [0.05, 0.1) is 4.32 Å². The highest BCUT2D eigenvalue weighted by atomic mass is 79.9. The summed E-state index contributed by atoms with van der Waals surface area (Å²) < 4.78 is -0.101. The molecular formula is C8H11BrO. The van der Waals surface area contributed by atoms with Crippen molar-refractivity contribution in [2.45, 2.75) is 36.4 Å². The molecule has 1 spiro atoms. The van der Waals surface area contributed by atoms with Crippen LogP contribution in [0.2, 0.25) is 0 Å². The molecule has 56 valence electrons. The second-order valence-corrected chi connectivity index (χ2v) is 5.06. The van der Waals surface area contributed by atoms with E-state index in [2.05, 4.69) is 15.9 Å². The molecule has 1 nitrogen and oxygen atoms in total. The third-order valence-corrected chi connectivity index (χ3v) is 4.41. The third kappa shape index (κ3) is 0.659. The number of halogens is 1. The molecule has 2 heteroatoms. The van der Waals surface area contributed by atoms with E-state index in [9.17, 15) is 4.79 Å². The van der Waals surface area contributed by atoms with Crippen molar-refractivity contribution in [3.8, 4) is 0 Å². The van der Waals surface area contributed by atoms with Gasteiger partial charge in [0.15, 0.2) is 0 Å². The van der Waals surface area contributed by atoms with Gasteiger partial charge in [0, 0.05) is 0 Å². The van der Waals surface area contributed by atoms with Crippen molar-refractivity contribution < 1.29 is 4.79 Å². The molecule has 10 heavy (non-hydrogen) atoms. The van der Waals surface area contributed by atoms with Crippen LogP contribution in [0.5, 0.6) is 0 Å². The van der Waals surface area contributed by atoms with Crippen molar-refractivity contribution in [1.29, 1.82) is 0 Å². The van der Waals surface area contributed by atoms with Crippen LogP contribution in [-0.4, -0.2) is 10.6 Å². The van der Waals surface area contributed by atoms with E-state index in [-0.39, 0.29) is 4.32 Å². The first kappa shape index (κ1) is 6.84. The normalized spacial score (nSPS) is 42.1. The quantitative estimate of drug-likeness (QED) is 0.472. The molecule has 0 aliphatic heterocycles. The Kier molecular flexibility index (Phi) is 1.26. The largest absolute Gasteiger partial charge is 0.302 e. The second-order valence-electron chi connectivity index (χ2n) is 3.64. The van der Waals surface area contributed by atoms with Crippen molar-refractivity contribution in [3.63, 3.8) is 0 Å². The number of hydrogen-bond donors (Lipinski definition) is 0. The van der Waals surface area contributed by atoms with Crippen molar-refractivity contribution >= 4 is 22.2 Å². The van der Waals surface area contributed by atoms with Crippen LogP contribution in [0.25, 0.3) is 0 Å². The van der Waals surface area contributed by atoms with Crippen LogP contribution in [0, 0.1) is 5.41 Å². The van der Waals surface area contributed by atoms with Gasteiger partial charge in [0.2, 0.25) is 0 Å². The Bertz CT molecular complexity index is 172. The standard InChI is InChI=1S/C8H11BrO/c9-8(6-10)5-7(8)3-1-2-4-7/h6H,1-5H2. The van der Waals surface area contributed by atoms with E-state index in [1.54, 1.807) is 0 Å². The summed E-state index contributed by atoms with van der Waals surface area (Å²) in [5.41, 5.74) is 0.398. The SMILES string of the molecule is O=CC1(Br)CC12CCCC2. The van der Waals surface area contributed by atoms with Crippen LogP contribution in [-0.2, 0) is 4.79 Å². The highest BCUT2D eigenvalue weighted by Gasteiger charge is 2.66. The zero-order valence-corrected chi connectivity index (χ0v) is 7.49. The van der Waals surface area contributed by atoms with Gasteiger partial charge in [0.1, 0.15) is 6.29 Å². The van der Waals surface area contributed by atoms with Gasteiger partial charge < -0.3 is 4.79 Å². The molecule has 2 saturated carbocycles. The molecule has 0 aromatic rings. The van der Waals surface area contributed by atoms with Crippen LogP contribution in [0.15, 0.2) is 0 Å². The molecule has 0 N–H and O–H groups in total. The molecule has 0 aromatic carbocycles. The van der Waals surface area contributed by atoms with E-state index < -0.39 is 0 Å². The van der Waals surface area contributed by atoms with Gasteiger partial charge in [-0.05, 0) is 24.7 Å². The van der Waals surface area contributed by atoms with E-state index >= 15 is 0 Å². The molecule has 2 fully saturated rings. The van der Waals surface area contributed by atoms with Gasteiger partial charge >= 0.3 is 0 Å². The van der Waals surface area contributed by atoms with E-state index in [1.165, 1.54) is 25.7 Å². The maximum absolute atomic E-state index is 10.6. The summed E-state index contributed by atoms with van der Waals surface area (Å²) >= 11 is 3.50. The maximum atomic E-state index is 10.6. The Balaban J connectivity index is 2.16. The molecule has 0 bridgehead atoms. The lowest BCUT2D eigenvalue weighted by Crippen LogP contribution is -2.11. The number of carbonyl (C=O) groups is 1. The first-order valence-electron chi connectivity index (χ1n) is 3.88. The molecule has 0 amide bonds. The lowest BCUT2D eigenvalue weighted by Gasteiger charge is -2.07. The number of carbonyl (C=O) groups excluding carboxylic acids is 1. The zero-order valence-electron chi connectivity index (χ0n) is 5.90. The molecule has 0 radical (unpaired) electrons. The molecule has 1 unspecified atom stereocenters. The Morgan fingerprint density at radius 3 is 2.30 bits per heavy atom. The molecule has 1 atom stereocenters. The van der Waals surface area contributed by atoms with E-state index in [0.717, 1.165) is 12.7 Å². The smallest absolute Gasteiger partial charge is 0.137 e. The van der Waals surface area contributed by atoms with Crippen molar-refractivity contribution in [3.05, 3.63) is 0 Å². The predicted molar refractivity (Wildman–Crippen MR) is 43.2 cm³/mol. The molecule has 0 saturated heterocycles. The molecule has 2 aliphatic rings. The second kappa shape index (κ2) is 1.84. The van der Waals surface area contributed by atoms with Crippen LogP contribution >= 0.6 is 15.9 Å². The van der Waals surface area contributed by atoms with Gasteiger partial charge in [-0.3, -0.25) is 0 Å². The summed E-state index contributed by atoms with van der Waals surface area (Å²) in [5, 5.41) is 0. The minimum atomic E-state index is -0.101. The summed E-state index contributed by atoms with van der Waals surface area (Å²) in [6.07, 6.45) is 7.35. The first-order chi connectivity index (χ1) is 4.72. The van der Waals surface area contributed by atoms with Crippen molar-refractivity contribution in [1.82, 2.24) is 0 Å². The molecule has 2 rings (SSSR count). The summed E-state index contributed by atoms with van der Waals surface area (Å²) in [6.45, 7) is 0. The average molecular weight is 203 g/mol. The van der Waals surface area contributed by atoms with Gasteiger partial charge in [-0.25, -0.2) is 0 Å². The summed E-state index contributed by atoms with van der Waals surface area (Å²) in [4.78, 5) is 10.6. The van der Waals surface area contributed by atoms with E-state index in [1.807, 2.05) is 0 Å². The minimum absolute atomic E-state index is 0.101. The molecule has 0 aromatic heterocycles. The topological polar surface area (TPSA) is 17.1 Å². The molecule has 0 heterocycles. The Morgan fingerprint density at radius 2 is 1.90 bits per heavy atom. The monoisotopic (exact) mass is 202 g/mol.